The van der Waals surface area contributed by atoms with Gasteiger partial charge in [0.2, 0.25) is 0 Å². The zero-order valence-corrected chi connectivity index (χ0v) is 12.1. The number of aromatic nitrogens is 1. The average Bonchev–Trinajstić information content (AvgIpc) is 2.38. The molecule has 2 rings (SSSR count). The minimum absolute atomic E-state index is 0.356. The van der Waals surface area contributed by atoms with Gasteiger partial charge < -0.3 is 5.32 Å². The molecule has 0 spiro atoms. The third kappa shape index (κ3) is 3.35. The van der Waals surface area contributed by atoms with Crippen LogP contribution >= 0.6 is 23.2 Å². The summed E-state index contributed by atoms with van der Waals surface area (Å²) in [5, 5.41) is 4.37. The van der Waals surface area contributed by atoms with Crippen molar-refractivity contribution in [2.24, 2.45) is 0 Å². The first-order valence-corrected chi connectivity index (χ1v) is 7.24. The number of nitrogens with zero attached hydrogens (tertiary/aromatic N) is 2. The van der Waals surface area contributed by atoms with Gasteiger partial charge in [0, 0.05) is 37.8 Å². The Kier molecular flexibility index (Phi) is 5.25. The van der Waals surface area contributed by atoms with Crippen molar-refractivity contribution >= 4 is 23.2 Å². The van der Waals surface area contributed by atoms with E-state index in [9.17, 15) is 0 Å². The Morgan fingerprint density at radius 3 is 2.67 bits per heavy atom. The van der Waals surface area contributed by atoms with Crippen LogP contribution in [0.25, 0.3) is 0 Å². The summed E-state index contributed by atoms with van der Waals surface area (Å²) < 4.78 is 0. The van der Waals surface area contributed by atoms with Crippen molar-refractivity contribution in [1.29, 1.82) is 0 Å². The highest BCUT2D eigenvalue weighted by atomic mass is 35.5. The second-order valence-corrected chi connectivity index (χ2v) is 5.35. The zero-order chi connectivity index (χ0) is 13.0. The Morgan fingerprint density at radius 1 is 1.33 bits per heavy atom. The van der Waals surface area contributed by atoms with Crippen LogP contribution in [0.5, 0.6) is 0 Å². The van der Waals surface area contributed by atoms with Crippen LogP contribution < -0.4 is 5.32 Å². The van der Waals surface area contributed by atoms with Crippen molar-refractivity contribution in [3.05, 3.63) is 28.0 Å². The van der Waals surface area contributed by atoms with Crippen LogP contribution in [0.3, 0.4) is 0 Å². The van der Waals surface area contributed by atoms with E-state index in [0.29, 0.717) is 16.3 Å². The Morgan fingerprint density at radius 2 is 2.06 bits per heavy atom. The Bertz CT molecular complexity index is 392. The van der Waals surface area contributed by atoms with E-state index in [2.05, 4.69) is 22.1 Å². The minimum atomic E-state index is 0.356. The van der Waals surface area contributed by atoms with Crippen molar-refractivity contribution < 1.29 is 0 Å². The number of hydrogen-bond acceptors (Lipinski definition) is 3. The molecule has 1 aromatic heterocycles. The van der Waals surface area contributed by atoms with Gasteiger partial charge in [0.15, 0.2) is 0 Å². The second kappa shape index (κ2) is 6.71. The average molecular weight is 288 g/mol. The number of rotatable bonds is 4. The highest BCUT2D eigenvalue weighted by Gasteiger charge is 2.23. The fourth-order valence-electron chi connectivity index (χ4n) is 2.47. The largest absolute Gasteiger partial charge is 0.314 e. The molecule has 1 aliphatic heterocycles. The first kappa shape index (κ1) is 14.1. The van der Waals surface area contributed by atoms with Crippen LogP contribution in [0.2, 0.25) is 10.3 Å². The topological polar surface area (TPSA) is 28.2 Å². The SMILES string of the molecule is CCC[C@@H](c1ccc(Cl)nc1Cl)N1CCNCC1. The monoisotopic (exact) mass is 287 g/mol. The van der Waals surface area contributed by atoms with Crippen LogP contribution in [-0.4, -0.2) is 36.1 Å². The molecule has 2 heterocycles. The van der Waals surface area contributed by atoms with E-state index in [4.69, 9.17) is 23.2 Å². The molecule has 1 fully saturated rings. The summed E-state index contributed by atoms with van der Waals surface area (Å²) in [7, 11) is 0. The summed E-state index contributed by atoms with van der Waals surface area (Å²) in [5.74, 6) is 0. The summed E-state index contributed by atoms with van der Waals surface area (Å²) >= 11 is 12.1. The van der Waals surface area contributed by atoms with E-state index in [1.54, 1.807) is 0 Å². The van der Waals surface area contributed by atoms with E-state index in [1.165, 1.54) is 0 Å². The number of pyridine rings is 1. The standard InChI is InChI=1S/C13H19Cl2N3/c1-2-3-11(18-8-6-16-7-9-18)10-4-5-12(14)17-13(10)15/h4-5,11,16H,2-3,6-9H2,1H3/t11-/m0/s1. The van der Waals surface area contributed by atoms with Crippen LogP contribution in [0.4, 0.5) is 0 Å². The van der Waals surface area contributed by atoms with Crippen LogP contribution in [-0.2, 0) is 0 Å². The number of halogens is 2. The van der Waals surface area contributed by atoms with Crippen molar-refractivity contribution in [3.8, 4) is 0 Å². The molecule has 0 unspecified atom stereocenters. The maximum Gasteiger partial charge on any atom is 0.135 e. The molecule has 5 heteroatoms. The van der Waals surface area contributed by atoms with Gasteiger partial charge in [0.1, 0.15) is 10.3 Å². The lowest BCUT2D eigenvalue weighted by atomic mass is 10.0. The van der Waals surface area contributed by atoms with Gasteiger partial charge in [0.25, 0.3) is 0 Å². The lowest BCUT2D eigenvalue weighted by Gasteiger charge is -2.35. The molecular formula is C13H19Cl2N3. The molecule has 0 aliphatic carbocycles. The van der Waals surface area contributed by atoms with Crippen LogP contribution in [0, 0.1) is 0 Å². The highest BCUT2D eigenvalue weighted by Crippen LogP contribution is 2.31. The maximum atomic E-state index is 6.24. The van der Waals surface area contributed by atoms with E-state index >= 15 is 0 Å². The molecular weight excluding hydrogens is 269 g/mol. The van der Waals surface area contributed by atoms with E-state index in [0.717, 1.165) is 44.6 Å². The van der Waals surface area contributed by atoms with Crippen molar-refractivity contribution in [3.63, 3.8) is 0 Å². The minimum Gasteiger partial charge on any atom is -0.314 e. The molecule has 1 N–H and O–H groups in total. The van der Waals surface area contributed by atoms with Gasteiger partial charge in [-0.1, -0.05) is 42.6 Å². The predicted molar refractivity (Wildman–Crippen MR) is 76.3 cm³/mol. The summed E-state index contributed by atoms with van der Waals surface area (Å²) in [6.07, 6.45) is 2.23. The smallest absolute Gasteiger partial charge is 0.135 e. The summed E-state index contributed by atoms with van der Waals surface area (Å²) in [4.78, 5) is 6.64. The third-order valence-corrected chi connectivity index (χ3v) is 3.87. The van der Waals surface area contributed by atoms with Gasteiger partial charge in [-0.25, -0.2) is 4.98 Å². The normalized spacial score (nSPS) is 18.8. The Balaban J connectivity index is 2.22. The lowest BCUT2D eigenvalue weighted by Crippen LogP contribution is -2.45. The molecule has 0 amide bonds. The number of hydrogen-bond donors (Lipinski definition) is 1. The first-order chi connectivity index (χ1) is 8.72. The number of piperazine rings is 1. The molecule has 0 saturated carbocycles. The van der Waals surface area contributed by atoms with Gasteiger partial charge in [-0.2, -0.15) is 0 Å². The van der Waals surface area contributed by atoms with Crippen molar-refractivity contribution in [2.75, 3.05) is 26.2 Å². The molecule has 18 heavy (non-hydrogen) atoms. The highest BCUT2D eigenvalue weighted by molar-refractivity contribution is 6.32. The maximum absolute atomic E-state index is 6.24. The zero-order valence-electron chi connectivity index (χ0n) is 10.6. The fourth-order valence-corrected chi connectivity index (χ4v) is 2.94. The molecule has 3 nitrogen and oxygen atoms in total. The van der Waals surface area contributed by atoms with Crippen LogP contribution in [0.15, 0.2) is 12.1 Å². The number of nitrogens with one attached hydrogen (secondary N) is 1. The summed E-state index contributed by atoms with van der Waals surface area (Å²) in [5.41, 5.74) is 1.10. The van der Waals surface area contributed by atoms with E-state index in [1.807, 2.05) is 12.1 Å². The third-order valence-electron chi connectivity index (χ3n) is 3.36. The molecule has 1 atom stereocenters. The quantitative estimate of drug-likeness (QED) is 0.863. The van der Waals surface area contributed by atoms with E-state index in [-0.39, 0.29) is 0 Å². The summed E-state index contributed by atoms with van der Waals surface area (Å²) in [6.45, 7) is 6.40. The lowest BCUT2D eigenvalue weighted by molar-refractivity contribution is 0.164. The summed E-state index contributed by atoms with van der Waals surface area (Å²) in [6, 6.07) is 4.20. The molecule has 1 aromatic rings. The van der Waals surface area contributed by atoms with Gasteiger partial charge in [-0.15, -0.1) is 0 Å². The van der Waals surface area contributed by atoms with Crippen LogP contribution in [0.1, 0.15) is 31.4 Å². The van der Waals surface area contributed by atoms with Crippen molar-refractivity contribution in [2.45, 2.75) is 25.8 Å². The Labute approximate surface area is 118 Å². The Hall–Kier alpha value is -0.350. The molecule has 0 radical (unpaired) electrons. The van der Waals surface area contributed by atoms with Gasteiger partial charge >= 0.3 is 0 Å². The second-order valence-electron chi connectivity index (χ2n) is 4.60. The molecule has 0 bridgehead atoms. The van der Waals surface area contributed by atoms with E-state index < -0.39 is 0 Å². The fraction of sp³-hybridized carbons (Fsp3) is 0.615. The van der Waals surface area contributed by atoms with Gasteiger partial charge in [0.05, 0.1) is 0 Å². The van der Waals surface area contributed by atoms with Gasteiger partial charge in [-0.3, -0.25) is 4.90 Å². The molecule has 100 valence electrons. The first-order valence-electron chi connectivity index (χ1n) is 6.49. The molecule has 0 aromatic carbocycles. The predicted octanol–water partition coefficient (Wildman–Crippen LogP) is 3.13. The van der Waals surface area contributed by atoms with Crippen molar-refractivity contribution in [1.82, 2.24) is 15.2 Å². The molecule has 1 aliphatic rings. The molecule has 1 saturated heterocycles. The van der Waals surface area contributed by atoms with Gasteiger partial charge in [-0.05, 0) is 12.5 Å².